The van der Waals surface area contributed by atoms with Gasteiger partial charge in [0.25, 0.3) is 5.91 Å². The molecule has 1 amide bonds. The van der Waals surface area contributed by atoms with Crippen molar-refractivity contribution >= 4 is 40.8 Å². The van der Waals surface area contributed by atoms with Gasteiger partial charge in [-0.3, -0.25) is 4.79 Å². The van der Waals surface area contributed by atoms with Gasteiger partial charge in [-0.15, -0.1) is 0 Å². The SMILES string of the molecule is CC(OC(=O)c1ccc(N)cc1)C(=O)Nc1cc(C(=O)O)ccc1Cl. The molecule has 0 saturated heterocycles. The standard InChI is InChI=1S/C17H15ClN2O5/c1-9(25-17(24)10-2-5-12(19)6-3-10)15(21)20-14-8-11(16(22)23)4-7-13(14)18/h2-9H,19H2,1H3,(H,20,21)(H,22,23). The number of halogens is 1. The summed E-state index contributed by atoms with van der Waals surface area (Å²) >= 11 is 5.94. The molecule has 0 aliphatic carbocycles. The van der Waals surface area contributed by atoms with Crippen LogP contribution in [0.3, 0.4) is 0 Å². The lowest BCUT2D eigenvalue weighted by Crippen LogP contribution is -2.30. The molecule has 1 unspecified atom stereocenters. The molecule has 130 valence electrons. The Balaban J connectivity index is 2.05. The van der Waals surface area contributed by atoms with Gasteiger partial charge < -0.3 is 20.9 Å². The number of aromatic carboxylic acids is 1. The van der Waals surface area contributed by atoms with E-state index in [1.165, 1.54) is 37.3 Å². The Labute approximate surface area is 148 Å². The van der Waals surface area contributed by atoms with Crippen molar-refractivity contribution in [2.45, 2.75) is 13.0 Å². The summed E-state index contributed by atoms with van der Waals surface area (Å²) in [5, 5.41) is 11.6. The van der Waals surface area contributed by atoms with Crippen LogP contribution in [0.25, 0.3) is 0 Å². The van der Waals surface area contributed by atoms with Gasteiger partial charge >= 0.3 is 11.9 Å². The van der Waals surface area contributed by atoms with Gasteiger partial charge in [0.1, 0.15) is 0 Å². The highest BCUT2D eigenvalue weighted by Crippen LogP contribution is 2.23. The molecule has 0 saturated carbocycles. The largest absolute Gasteiger partial charge is 0.478 e. The topological polar surface area (TPSA) is 119 Å². The van der Waals surface area contributed by atoms with Crippen LogP contribution in [0.1, 0.15) is 27.6 Å². The van der Waals surface area contributed by atoms with Gasteiger partial charge in [-0.1, -0.05) is 11.6 Å². The maximum Gasteiger partial charge on any atom is 0.338 e. The van der Waals surface area contributed by atoms with Gasteiger partial charge in [-0.05, 0) is 49.4 Å². The van der Waals surface area contributed by atoms with Gasteiger partial charge in [0.05, 0.1) is 21.8 Å². The summed E-state index contributed by atoms with van der Waals surface area (Å²) in [6.07, 6.45) is -1.12. The minimum Gasteiger partial charge on any atom is -0.478 e. The van der Waals surface area contributed by atoms with Gasteiger partial charge in [-0.25, -0.2) is 9.59 Å². The molecule has 2 aromatic rings. The second-order valence-corrected chi connectivity index (χ2v) is 5.57. The second-order valence-electron chi connectivity index (χ2n) is 5.16. The van der Waals surface area contributed by atoms with Crippen LogP contribution < -0.4 is 11.1 Å². The Hall–Kier alpha value is -3.06. The Morgan fingerprint density at radius 1 is 1.12 bits per heavy atom. The molecular formula is C17H15ClN2O5. The zero-order valence-electron chi connectivity index (χ0n) is 13.2. The van der Waals surface area contributed by atoms with Crippen LogP contribution in [0.4, 0.5) is 11.4 Å². The lowest BCUT2D eigenvalue weighted by atomic mass is 10.2. The first kappa shape index (κ1) is 18.3. The lowest BCUT2D eigenvalue weighted by molar-refractivity contribution is -0.123. The van der Waals surface area contributed by atoms with Crippen LogP contribution in [0.15, 0.2) is 42.5 Å². The first-order valence-corrected chi connectivity index (χ1v) is 7.56. The molecular weight excluding hydrogens is 348 g/mol. The van der Waals surface area contributed by atoms with Crippen molar-refractivity contribution in [3.05, 3.63) is 58.6 Å². The smallest absolute Gasteiger partial charge is 0.338 e. The van der Waals surface area contributed by atoms with E-state index in [2.05, 4.69) is 5.32 Å². The van der Waals surface area contributed by atoms with Gasteiger partial charge in [-0.2, -0.15) is 0 Å². The predicted octanol–water partition coefficient (Wildman–Crippen LogP) is 2.80. The molecule has 4 N–H and O–H groups in total. The zero-order chi connectivity index (χ0) is 18.6. The maximum atomic E-state index is 12.2. The van der Waals surface area contributed by atoms with Crippen molar-refractivity contribution < 1.29 is 24.2 Å². The average Bonchev–Trinajstić information content (AvgIpc) is 2.57. The van der Waals surface area contributed by atoms with Crippen LogP contribution in [0, 0.1) is 0 Å². The molecule has 0 heterocycles. The van der Waals surface area contributed by atoms with Crippen molar-refractivity contribution in [3.8, 4) is 0 Å². The molecule has 7 nitrogen and oxygen atoms in total. The quantitative estimate of drug-likeness (QED) is 0.556. The second kappa shape index (κ2) is 7.67. The summed E-state index contributed by atoms with van der Waals surface area (Å²) in [5.74, 6) is -2.49. The first-order valence-electron chi connectivity index (χ1n) is 7.18. The molecule has 2 aromatic carbocycles. The average molecular weight is 363 g/mol. The van der Waals surface area contributed by atoms with E-state index in [-0.39, 0.29) is 21.8 Å². The molecule has 0 aliphatic heterocycles. The van der Waals surface area contributed by atoms with Gasteiger partial charge in [0, 0.05) is 5.69 Å². The fraction of sp³-hybridized carbons (Fsp3) is 0.118. The Morgan fingerprint density at radius 2 is 1.72 bits per heavy atom. The number of benzene rings is 2. The number of amides is 1. The third-order valence-electron chi connectivity index (χ3n) is 3.27. The molecule has 25 heavy (non-hydrogen) atoms. The summed E-state index contributed by atoms with van der Waals surface area (Å²) in [6.45, 7) is 1.39. The Bertz CT molecular complexity index is 820. The van der Waals surface area contributed by atoms with Crippen LogP contribution in [-0.4, -0.2) is 29.1 Å². The van der Waals surface area contributed by atoms with Crippen molar-refractivity contribution in [3.63, 3.8) is 0 Å². The summed E-state index contributed by atoms with van der Waals surface area (Å²) in [5.41, 5.74) is 6.36. The number of nitrogen functional groups attached to an aromatic ring is 1. The number of carbonyl (C=O) groups excluding carboxylic acids is 2. The van der Waals surface area contributed by atoms with E-state index in [0.29, 0.717) is 5.69 Å². The first-order chi connectivity index (χ1) is 11.8. The van der Waals surface area contributed by atoms with Crippen molar-refractivity contribution in [1.29, 1.82) is 0 Å². The summed E-state index contributed by atoms with van der Waals surface area (Å²) in [4.78, 5) is 35.1. The summed E-state index contributed by atoms with van der Waals surface area (Å²) in [6, 6.07) is 9.93. The van der Waals surface area contributed by atoms with E-state index in [9.17, 15) is 14.4 Å². The minimum absolute atomic E-state index is 0.0359. The Morgan fingerprint density at radius 3 is 2.32 bits per heavy atom. The van der Waals surface area contributed by atoms with Crippen LogP contribution in [0.5, 0.6) is 0 Å². The lowest BCUT2D eigenvalue weighted by Gasteiger charge is -2.14. The number of rotatable bonds is 5. The maximum absolute atomic E-state index is 12.2. The molecule has 0 radical (unpaired) electrons. The molecule has 2 rings (SSSR count). The molecule has 0 aromatic heterocycles. The monoisotopic (exact) mass is 362 g/mol. The number of carboxylic acid groups (broad SMARTS) is 1. The van der Waals surface area contributed by atoms with Crippen molar-refractivity contribution in [2.75, 3.05) is 11.1 Å². The fourth-order valence-corrected chi connectivity index (χ4v) is 2.05. The summed E-state index contributed by atoms with van der Waals surface area (Å²) < 4.78 is 5.08. The van der Waals surface area contributed by atoms with E-state index in [1.54, 1.807) is 12.1 Å². The fourth-order valence-electron chi connectivity index (χ4n) is 1.89. The highest BCUT2D eigenvalue weighted by atomic mass is 35.5. The third kappa shape index (κ3) is 4.71. The normalized spacial score (nSPS) is 11.4. The third-order valence-corrected chi connectivity index (χ3v) is 3.60. The van der Waals surface area contributed by atoms with Gasteiger partial charge in [0.15, 0.2) is 6.10 Å². The predicted molar refractivity (Wildman–Crippen MR) is 92.8 cm³/mol. The van der Waals surface area contributed by atoms with E-state index in [1.807, 2.05) is 0 Å². The molecule has 0 bridgehead atoms. The number of esters is 1. The highest BCUT2D eigenvalue weighted by Gasteiger charge is 2.20. The number of carboxylic acids is 1. The zero-order valence-corrected chi connectivity index (χ0v) is 13.9. The summed E-state index contributed by atoms with van der Waals surface area (Å²) in [7, 11) is 0. The van der Waals surface area contributed by atoms with E-state index in [4.69, 9.17) is 27.2 Å². The van der Waals surface area contributed by atoms with E-state index in [0.717, 1.165) is 0 Å². The van der Waals surface area contributed by atoms with E-state index < -0.39 is 23.9 Å². The number of hydrogen-bond donors (Lipinski definition) is 3. The van der Waals surface area contributed by atoms with Crippen molar-refractivity contribution in [2.24, 2.45) is 0 Å². The number of carbonyl (C=O) groups is 3. The van der Waals surface area contributed by atoms with Crippen molar-refractivity contribution in [1.82, 2.24) is 0 Å². The van der Waals surface area contributed by atoms with Gasteiger partial charge in [0.2, 0.25) is 0 Å². The molecule has 0 fully saturated rings. The Kier molecular flexibility index (Phi) is 5.61. The molecule has 0 spiro atoms. The minimum atomic E-state index is -1.16. The number of ether oxygens (including phenoxy) is 1. The number of anilines is 2. The van der Waals surface area contributed by atoms with Crippen LogP contribution in [-0.2, 0) is 9.53 Å². The van der Waals surface area contributed by atoms with E-state index >= 15 is 0 Å². The number of hydrogen-bond acceptors (Lipinski definition) is 5. The molecule has 0 aliphatic rings. The number of nitrogens with two attached hydrogens (primary N) is 1. The van der Waals surface area contributed by atoms with Crippen LogP contribution in [0.2, 0.25) is 5.02 Å². The highest BCUT2D eigenvalue weighted by molar-refractivity contribution is 6.33. The van der Waals surface area contributed by atoms with Crippen LogP contribution >= 0.6 is 11.6 Å². The number of nitrogens with one attached hydrogen (secondary N) is 1. The molecule has 8 heteroatoms. The molecule has 1 atom stereocenters.